The summed E-state index contributed by atoms with van der Waals surface area (Å²) in [4.78, 5) is 13.3. The molecule has 0 saturated heterocycles. The molecule has 158 valence electrons. The molecule has 0 aliphatic carbocycles. The topological polar surface area (TPSA) is 68.2 Å². The zero-order chi connectivity index (χ0) is 21.7. The summed E-state index contributed by atoms with van der Waals surface area (Å²) in [7, 11) is 1.38. The number of hydrogen-bond acceptors (Lipinski definition) is 5. The van der Waals surface area contributed by atoms with Crippen LogP contribution in [0.5, 0.6) is 0 Å². The van der Waals surface area contributed by atoms with Gasteiger partial charge in [-0.1, -0.05) is 30.3 Å². The summed E-state index contributed by atoms with van der Waals surface area (Å²) in [5, 5.41) is 12.0. The largest absolute Gasteiger partial charge is 0.465 e. The van der Waals surface area contributed by atoms with Crippen molar-refractivity contribution in [1.29, 1.82) is 0 Å². The van der Waals surface area contributed by atoms with Gasteiger partial charge in [-0.3, -0.25) is 4.68 Å². The minimum absolute atomic E-state index is 0.0179. The first kappa shape index (κ1) is 22.0. The summed E-state index contributed by atoms with van der Waals surface area (Å²) in [6.45, 7) is 6.97. The number of hydrogen-bond donors (Lipinski definition) is 2. The van der Waals surface area contributed by atoms with E-state index in [1.165, 1.54) is 24.0 Å². The Morgan fingerprint density at radius 3 is 2.70 bits per heavy atom. The van der Waals surface area contributed by atoms with E-state index < -0.39 is 0 Å². The molecule has 0 amide bonds. The number of nitrogens with one attached hydrogen (secondary N) is 2. The van der Waals surface area contributed by atoms with Gasteiger partial charge in [0.25, 0.3) is 0 Å². The van der Waals surface area contributed by atoms with E-state index in [1.807, 2.05) is 49.0 Å². The molecule has 6 nitrogen and oxygen atoms in total. The number of aromatic nitrogens is 2. The van der Waals surface area contributed by atoms with E-state index in [-0.39, 0.29) is 12.0 Å². The van der Waals surface area contributed by atoms with Gasteiger partial charge in [-0.15, -0.1) is 11.3 Å². The number of thiocarbonyl (C=S) groups is 1. The van der Waals surface area contributed by atoms with Crippen molar-refractivity contribution in [2.75, 3.05) is 12.4 Å². The molecule has 3 aromatic rings. The van der Waals surface area contributed by atoms with Gasteiger partial charge in [-0.25, -0.2) is 4.79 Å². The minimum Gasteiger partial charge on any atom is -0.465 e. The Kier molecular flexibility index (Phi) is 7.23. The van der Waals surface area contributed by atoms with Crippen molar-refractivity contribution in [2.45, 2.75) is 39.8 Å². The minimum atomic E-state index is -0.385. The van der Waals surface area contributed by atoms with E-state index in [4.69, 9.17) is 17.0 Å². The number of thiophene rings is 1. The molecule has 0 spiro atoms. The number of benzene rings is 1. The number of methoxy groups -OCH3 is 1. The SMILES string of the molecule is CCn1ncc(C(C)NC(=S)Nc2sc(Cc3ccccc3)cc2C(=O)OC)c1C. The van der Waals surface area contributed by atoms with Crippen molar-refractivity contribution in [3.05, 3.63) is 69.9 Å². The molecule has 1 atom stereocenters. The molecule has 0 radical (unpaired) electrons. The van der Waals surface area contributed by atoms with Crippen LogP contribution in [0.1, 0.15) is 51.9 Å². The third-order valence-corrected chi connectivity index (χ3v) is 6.16. The highest BCUT2D eigenvalue weighted by molar-refractivity contribution is 7.80. The van der Waals surface area contributed by atoms with Crippen LogP contribution in [-0.2, 0) is 17.7 Å². The van der Waals surface area contributed by atoms with E-state index in [2.05, 4.69) is 34.8 Å². The predicted octanol–water partition coefficient (Wildman–Crippen LogP) is 4.70. The molecule has 0 aliphatic heterocycles. The van der Waals surface area contributed by atoms with Gasteiger partial charge < -0.3 is 15.4 Å². The van der Waals surface area contributed by atoms with Crippen molar-refractivity contribution < 1.29 is 9.53 Å². The number of carbonyl (C=O) groups is 1. The lowest BCUT2D eigenvalue weighted by atomic mass is 10.1. The first-order chi connectivity index (χ1) is 14.4. The quantitative estimate of drug-likeness (QED) is 0.408. The molecule has 2 N–H and O–H groups in total. The van der Waals surface area contributed by atoms with E-state index in [9.17, 15) is 4.79 Å². The van der Waals surface area contributed by atoms with Gasteiger partial charge in [0.15, 0.2) is 5.11 Å². The molecule has 0 saturated carbocycles. The molecular weight excluding hydrogens is 416 g/mol. The molecule has 3 rings (SSSR count). The molecule has 2 heterocycles. The van der Waals surface area contributed by atoms with Crippen molar-refractivity contribution >= 4 is 39.6 Å². The number of carbonyl (C=O) groups excluding carboxylic acids is 1. The van der Waals surface area contributed by atoms with Crippen LogP contribution in [0.2, 0.25) is 0 Å². The van der Waals surface area contributed by atoms with Crippen molar-refractivity contribution in [3.63, 3.8) is 0 Å². The number of aryl methyl sites for hydroxylation is 1. The predicted molar refractivity (Wildman–Crippen MR) is 125 cm³/mol. The zero-order valence-corrected chi connectivity index (χ0v) is 19.2. The van der Waals surface area contributed by atoms with Gasteiger partial charge in [-0.2, -0.15) is 5.10 Å². The second-order valence-electron chi connectivity index (χ2n) is 6.93. The van der Waals surface area contributed by atoms with Crippen LogP contribution in [0.15, 0.2) is 42.6 Å². The lowest BCUT2D eigenvalue weighted by Gasteiger charge is -2.17. The van der Waals surface area contributed by atoms with E-state index in [1.54, 1.807) is 0 Å². The molecule has 8 heteroatoms. The van der Waals surface area contributed by atoms with Crippen LogP contribution < -0.4 is 10.6 Å². The number of nitrogens with zero attached hydrogens (tertiary/aromatic N) is 2. The summed E-state index contributed by atoms with van der Waals surface area (Å²) in [6.07, 6.45) is 2.60. The number of rotatable bonds is 7. The van der Waals surface area contributed by atoms with Gasteiger partial charge >= 0.3 is 5.97 Å². The Hall–Kier alpha value is -2.71. The molecule has 1 aromatic carbocycles. The van der Waals surface area contributed by atoms with Crippen molar-refractivity contribution in [1.82, 2.24) is 15.1 Å². The van der Waals surface area contributed by atoms with Crippen LogP contribution in [0.4, 0.5) is 5.00 Å². The van der Waals surface area contributed by atoms with Crippen LogP contribution in [0.3, 0.4) is 0 Å². The highest BCUT2D eigenvalue weighted by Gasteiger charge is 2.19. The van der Waals surface area contributed by atoms with Gasteiger partial charge in [0, 0.05) is 29.1 Å². The molecular formula is C22H26N4O2S2. The van der Waals surface area contributed by atoms with E-state index >= 15 is 0 Å². The average molecular weight is 443 g/mol. The Bertz CT molecular complexity index is 1030. The summed E-state index contributed by atoms with van der Waals surface area (Å²) >= 11 is 7.02. The third-order valence-electron chi connectivity index (χ3n) is 4.89. The highest BCUT2D eigenvalue weighted by Crippen LogP contribution is 2.31. The maximum atomic E-state index is 12.3. The van der Waals surface area contributed by atoms with Gasteiger partial charge in [0.05, 0.1) is 24.9 Å². The fourth-order valence-corrected chi connectivity index (χ4v) is 4.73. The lowest BCUT2D eigenvalue weighted by molar-refractivity contribution is 0.0602. The molecule has 30 heavy (non-hydrogen) atoms. The van der Waals surface area contributed by atoms with Gasteiger partial charge in [-0.05, 0) is 44.6 Å². The summed E-state index contributed by atoms with van der Waals surface area (Å²) < 4.78 is 6.91. The fraction of sp³-hybridized carbons (Fsp3) is 0.318. The van der Waals surface area contributed by atoms with E-state index in [0.29, 0.717) is 15.7 Å². The summed E-state index contributed by atoms with van der Waals surface area (Å²) in [5.41, 5.74) is 3.86. The summed E-state index contributed by atoms with van der Waals surface area (Å²) in [5.74, 6) is -0.385. The first-order valence-electron chi connectivity index (χ1n) is 9.77. The summed E-state index contributed by atoms with van der Waals surface area (Å²) in [6, 6.07) is 12.0. The maximum absolute atomic E-state index is 12.3. The first-order valence-corrected chi connectivity index (χ1v) is 11.0. The second-order valence-corrected chi connectivity index (χ2v) is 8.48. The van der Waals surface area contributed by atoms with Crippen LogP contribution in [0.25, 0.3) is 0 Å². The Balaban J connectivity index is 1.74. The monoisotopic (exact) mass is 442 g/mol. The van der Waals surface area contributed by atoms with Crippen LogP contribution in [-0.4, -0.2) is 28.0 Å². The number of anilines is 1. The number of esters is 1. The Morgan fingerprint density at radius 1 is 1.33 bits per heavy atom. The van der Waals surface area contributed by atoms with Gasteiger partial charge in [0.2, 0.25) is 0 Å². The maximum Gasteiger partial charge on any atom is 0.340 e. The van der Waals surface area contributed by atoms with Crippen LogP contribution >= 0.6 is 23.6 Å². The molecule has 1 unspecified atom stereocenters. The average Bonchev–Trinajstić information content (AvgIpc) is 3.30. The molecule has 0 aliphatic rings. The smallest absolute Gasteiger partial charge is 0.340 e. The zero-order valence-electron chi connectivity index (χ0n) is 17.6. The third kappa shape index (κ3) is 5.06. The van der Waals surface area contributed by atoms with E-state index in [0.717, 1.165) is 29.1 Å². The normalized spacial score (nSPS) is 11.7. The lowest BCUT2D eigenvalue weighted by Crippen LogP contribution is -2.31. The van der Waals surface area contributed by atoms with Crippen molar-refractivity contribution in [3.8, 4) is 0 Å². The Labute approximate surface area is 186 Å². The number of ether oxygens (including phenoxy) is 1. The highest BCUT2D eigenvalue weighted by atomic mass is 32.1. The second kappa shape index (κ2) is 9.86. The molecule has 2 aromatic heterocycles. The van der Waals surface area contributed by atoms with Gasteiger partial charge in [0.1, 0.15) is 5.00 Å². The Morgan fingerprint density at radius 2 is 2.07 bits per heavy atom. The molecule has 0 bridgehead atoms. The fourth-order valence-electron chi connectivity index (χ4n) is 3.30. The standard InChI is InChI=1S/C22H26N4O2S2/c1-5-26-15(3)19(13-23-26)14(2)24-22(29)25-20-18(21(27)28-4)12-17(30-20)11-16-9-7-6-8-10-16/h6-10,12-14H,5,11H2,1-4H3,(H2,24,25,29). The molecule has 0 fully saturated rings. The van der Waals surface area contributed by atoms with Crippen LogP contribution in [0, 0.1) is 6.92 Å². The van der Waals surface area contributed by atoms with Crippen molar-refractivity contribution in [2.24, 2.45) is 0 Å².